The molecule has 190 valence electrons. The number of carbonyl (C=O) groups is 1. The lowest BCUT2D eigenvalue weighted by Crippen LogP contribution is -2.34. The Kier molecular flexibility index (Phi) is 8.17. The van der Waals surface area contributed by atoms with E-state index in [9.17, 15) is 40.4 Å². The lowest BCUT2D eigenvalue weighted by molar-refractivity contribution is -0.143. The van der Waals surface area contributed by atoms with Crippen molar-refractivity contribution >= 4 is 5.91 Å². The van der Waals surface area contributed by atoms with Crippen molar-refractivity contribution in [2.45, 2.75) is 63.0 Å². The minimum absolute atomic E-state index is 0.00565. The van der Waals surface area contributed by atoms with Gasteiger partial charge in [-0.25, -0.2) is 4.39 Å². The van der Waals surface area contributed by atoms with E-state index in [-0.39, 0.29) is 17.8 Å². The quantitative estimate of drug-likeness (QED) is 0.361. The van der Waals surface area contributed by atoms with Crippen LogP contribution in [0.25, 0.3) is 0 Å². The smallest absolute Gasteiger partial charge is 0.353 e. The van der Waals surface area contributed by atoms with E-state index in [4.69, 9.17) is 0 Å². The molecule has 1 saturated carbocycles. The van der Waals surface area contributed by atoms with Crippen molar-refractivity contribution in [3.63, 3.8) is 0 Å². The molecular formula is C24H23F7N2O2. The van der Waals surface area contributed by atoms with E-state index in [0.717, 1.165) is 12.8 Å². The van der Waals surface area contributed by atoms with Gasteiger partial charge in [-0.15, -0.1) is 0 Å². The first-order chi connectivity index (χ1) is 16.4. The van der Waals surface area contributed by atoms with Crippen LogP contribution in [0.15, 0.2) is 47.6 Å². The van der Waals surface area contributed by atoms with Gasteiger partial charge in [0.05, 0.1) is 11.1 Å². The molecule has 1 aliphatic carbocycles. The summed E-state index contributed by atoms with van der Waals surface area (Å²) in [5, 5.41) is 5.36. The number of halogens is 7. The van der Waals surface area contributed by atoms with E-state index in [1.54, 1.807) is 0 Å². The predicted molar refractivity (Wildman–Crippen MR) is 114 cm³/mol. The lowest BCUT2D eigenvalue weighted by atomic mass is 9.83. The van der Waals surface area contributed by atoms with Crippen LogP contribution in [0, 0.1) is 16.6 Å². The van der Waals surface area contributed by atoms with Crippen LogP contribution in [0.5, 0.6) is 0 Å². The van der Waals surface area contributed by atoms with Gasteiger partial charge >= 0.3 is 12.4 Å². The Balaban J connectivity index is 0.000000196. The number of hydrogen-bond acceptors (Lipinski definition) is 3. The Bertz CT molecular complexity index is 1000. The van der Waals surface area contributed by atoms with E-state index in [1.165, 1.54) is 30.5 Å². The van der Waals surface area contributed by atoms with Gasteiger partial charge in [0, 0.05) is 12.5 Å². The first-order valence-electron chi connectivity index (χ1n) is 11.0. The molecule has 0 bridgehead atoms. The summed E-state index contributed by atoms with van der Waals surface area (Å²) in [5.41, 5.74) is -2.11. The Labute approximate surface area is 196 Å². The molecule has 3 atom stereocenters. The van der Waals surface area contributed by atoms with Gasteiger partial charge in [0.2, 0.25) is 5.91 Å². The molecule has 0 aromatic heterocycles. The molecule has 1 amide bonds. The third kappa shape index (κ3) is 7.02. The van der Waals surface area contributed by atoms with Gasteiger partial charge in [-0.3, -0.25) is 4.79 Å². The normalized spacial score (nSPS) is 22.4. The monoisotopic (exact) mass is 504 g/mol. The predicted octanol–water partition coefficient (Wildman–Crippen LogP) is 6.98. The summed E-state index contributed by atoms with van der Waals surface area (Å²) in [6, 6.07) is 8.14. The van der Waals surface area contributed by atoms with Crippen LogP contribution in [0.4, 0.5) is 30.7 Å². The molecule has 2 aromatic carbocycles. The third-order valence-corrected chi connectivity index (χ3v) is 6.31. The van der Waals surface area contributed by atoms with Crippen molar-refractivity contribution in [3.05, 3.63) is 75.4 Å². The van der Waals surface area contributed by atoms with E-state index in [2.05, 4.69) is 10.5 Å². The minimum Gasteiger partial charge on any atom is -0.353 e. The molecule has 1 aliphatic heterocycles. The van der Waals surface area contributed by atoms with Crippen LogP contribution in [0.1, 0.15) is 60.3 Å². The Morgan fingerprint density at radius 3 is 1.97 bits per heavy atom. The van der Waals surface area contributed by atoms with Crippen molar-refractivity contribution in [2.24, 2.45) is 11.1 Å². The van der Waals surface area contributed by atoms with Crippen LogP contribution in [-0.2, 0) is 23.7 Å². The van der Waals surface area contributed by atoms with E-state index >= 15 is 0 Å². The molecule has 0 radical (unpaired) electrons. The molecule has 11 heteroatoms. The maximum absolute atomic E-state index is 13.0. The Morgan fingerprint density at radius 1 is 0.886 bits per heavy atom. The van der Waals surface area contributed by atoms with Crippen LogP contribution in [-0.4, -0.2) is 11.9 Å². The summed E-state index contributed by atoms with van der Waals surface area (Å²) in [4.78, 5) is 21.2. The Morgan fingerprint density at radius 2 is 1.49 bits per heavy atom. The van der Waals surface area contributed by atoms with Gasteiger partial charge in [-0.1, -0.05) is 23.7 Å². The van der Waals surface area contributed by atoms with Gasteiger partial charge in [-0.2, -0.15) is 31.2 Å². The number of nitrogens with zero attached hydrogens (tertiary/aromatic N) is 1. The summed E-state index contributed by atoms with van der Waals surface area (Å²) in [6.07, 6.45) is -4.65. The number of nitrogens with one attached hydrogen (secondary N) is 1. The van der Waals surface area contributed by atoms with Crippen molar-refractivity contribution in [1.82, 2.24) is 5.32 Å². The number of rotatable bonds is 4. The van der Waals surface area contributed by atoms with Gasteiger partial charge in [0.25, 0.3) is 0 Å². The average Bonchev–Trinajstić information content (AvgIpc) is 3.42. The Hall–Kier alpha value is -2.98. The molecule has 1 N–H and O–H groups in total. The molecule has 2 aliphatic rings. The molecule has 35 heavy (non-hydrogen) atoms. The standard InChI is InChI=1S/C15H18FNO.C9H5F6NO/c16-11-6-4-10(5-7-11)12-2-1-3-13(12)14-8-9-15(18)17-14;10-8(11,12)6-1-5(4-16-17)2-7(3-6)9(13,14)15/h4-7,12-14H,1-3,8-9H2,(H,17,18);1-3H,4H2. The zero-order valence-corrected chi connectivity index (χ0v) is 18.4. The van der Waals surface area contributed by atoms with Crippen molar-refractivity contribution in [1.29, 1.82) is 0 Å². The largest absolute Gasteiger partial charge is 0.416 e. The van der Waals surface area contributed by atoms with Gasteiger partial charge < -0.3 is 5.32 Å². The first-order valence-corrected chi connectivity index (χ1v) is 11.0. The van der Waals surface area contributed by atoms with E-state index < -0.39 is 35.6 Å². The fourth-order valence-corrected chi connectivity index (χ4v) is 4.74. The van der Waals surface area contributed by atoms with Gasteiger partial charge in [0.1, 0.15) is 12.4 Å². The topological polar surface area (TPSA) is 58.5 Å². The zero-order chi connectivity index (χ0) is 25.8. The summed E-state index contributed by atoms with van der Waals surface area (Å²) in [5.74, 6) is 1.02. The number of nitroso groups, excluding NO2 is 1. The van der Waals surface area contributed by atoms with Crippen LogP contribution < -0.4 is 5.32 Å². The SMILES string of the molecule is O=C1CCC(C2CCCC2c2ccc(F)cc2)N1.O=NCc1cc(C(F)(F)F)cc(C(F)(F)F)c1. The second kappa shape index (κ2) is 10.7. The maximum Gasteiger partial charge on any atom is 0.416 e. The van der Waals surface area contributed by atoms with Crippen LogP contribution in [0.2, 0.25) is 0 Å². The molecule has 2 fully saturated rings. The highest BCUT2D eigenvalue weighted by Crippen LogP contribution is 2.43. The summed E-state index contributed by atoms with van der Waals surface area (Å²) < 4.78 is 86.8. The molecule has 1 heterocycles. The number of amides is 1. The second-order valence-electron chi connectivity index (χ2n) is 8.67. The molecule has 1 saturated heterocycles. The molecule has 4 rings (SSSR count). The highest BCUT2D eigenvalue weighted by atomic mass is 19.4. The molecule has 2 aromatic rings. The van der Waals surface area contributed by atoms with Gasteiger partial charge in [-0.05, 0) is 72.6 Å². The van der Waals surface area contributed by atoms with Crippen molar-refractivity contribution in [2.75, 3.05) is 0 Å². The minimum atomic E-state index is -4.90. The zero-order valence-electron chi connectivity index (χ0n) is 18.4. The fraction of sp³-hybridized carbons (Fsp3) is 0.458. The molecule has 3 unspecified atom stereocenters. The number of alkyl halides is 6. The molecule has 0 spiro atoms. The van der Waals surface area contributed by atoms with Gasteiger partial charge in [0.15, 0.2) is 0 Å². The average molecular weight is 504 g/mol. The summed E-state index contributed by atoms with van der Waals surface area (Å²) in [7, 11) is 0. The summed E-state index contributed by atoms with van der Waals surface area (Å²) >= 11 is 0. The maximum atomic E-state index is 13.0. The van der Waals surface area contributed by atoms with Crippen LogP contribution >= 0.6 is 0 Å². The van der Waals surface area contributed by atoms with E-state index in [0.29, 0.717) is 36.4 Å². The van der Waals surface area contributed by atoms with Crippen molar-refractivity contribution in [3.8, 4) is 0 Å². The van der Waals surface area contributed by atoms with E-state index in [1.807, 2.05) is 12.1 Å². The molecule has 4 nitrogen and oxygen atoms in total. The highest BCUT2D eigenvalue weighted by molar-refractivity contribution is 5.78. The fourth-order valence-electron chi connectivity index (χ4n) is 4.74. The van der Waals surface area contributed by atoms with Crippen molar-refractivity contribution < 1.29 is 35.5 Å². The number of hydrogen-bond donors (Lipinski definition) is 1. The summed E-state index contributed by atoms with van der Waals surface area (Å²) in [6.45, 7) is -0.743. The number of benzene rings is 2. The highest BCUT2D eigenvalue weighted by Gasteiger charge is 2.38. The first kappa shape index (κ1) is 26.6. The lowest BCUT2D eigenvalue weighted by Gasteiger charge is -2.25. The van der Waals surface area contributed by atoms with Crippen LogP contribution in [0.3, 0.4) is 0 Å². The second-order valence-corrected chi connectivity index (χ2v) is 8.67. The third-order valence-electron chi connectivity index (χ3n) is 6.31. The molecular weight excluding hydrogens is 481 g/mol. The number of carbonyl (C=O) groups excluding carboxylic acids is 1.